The maximum Gasteiger partial charge on any atom is 0.178 e. The molecule has 100 valence electrons. The summed E-state index contributed by atoms with van der Waals surface area (Å²) in [5.41, 5.74) is 0.486. The molecule has 18 heavy (non-hydrogen) atoms. The maximum atomic E-state index is 8.96. The zero-order chi connectivity index (χ0) is 12.8. The third-order valence-corrected chi connectivity index (χ3v) is 3.26. The highest BCUT2D eigenvalue weighted by Gasteiger charge is 2.10. The van der Waals surface area contributed by atoms with Gasteiger partial charge in [-0.15, -0.1) is 0 Å². The summed E-state index contributed by atoms with van der Waals surface area (Å²) in [6.45, 7) is 4.26. The second kappa shape index (κ2) is 6.73. The minimum Gasteiger partial charge on any atom is -0.494 e. The highest BCUT2D eigenvalue weighted by Crippen LogP contribution is 2.16. The Bertz CT molecular complexity index is 345. The fourth-order valence-corrected chi connectivity index (χ4v) is 2.22. The smallest absolute Gasteiger partial charge is 0.178 e. The van der Waals surface area contributed by atoms with Crippen LogP contribution in [0.4, 0.5) is 0 Å². The topological polar surface area (TPSA) is 52.9 Å². The van der Waals surface area contributed by atoms with Gasteiger partial charge in [-0.2, -0.15) is 0 Å². The van der Waals surface area contributed by atoms with Gasteiger partial charge >= 0.3 is 0 Å². The molecule has 0 saturated carbocycles. The lowest BCUT2D eigenvalue weighted by Crippen LogP contribution is -2.21. The molecule has 4 nitrogen and oxygen atoms in total. The van der Waals surface area contributed by atoms with Crippen molar-refractivity contribution in [2.75, 3.05) is 26.2 Å². The van der Waals surface area contributed by atoms with Crippen molar-refractivity contribution in [2.24, 2.45) is 0 Å². The van der Waals surface area contributed by atoms with Crippen LogP contribution >= 0.6 is 0 Å². The standard InChI is InChI=1S/C14H21NO3/c16-14(17)12-4-6-13(7-5-12)18-11-3-10-15-8-1-2-9-15/h4-7,14,16-17H,1-3,8-11H2. The molecule has 1 aromatic rings. The summed E-state index contributed by atoms with van der Waals surface area (Å²) in [7, 11) is 0. The Hall–Kier alpha value is -1.10. The molecule has 1 aliphatic heterocycles. The lowest BCUT2D eigenvalue weighted by atomic mass is 10.2. The molecule has 0 unspecified atom stereocenters. The third-order valence-electron chi connectivity index (χ3n) is 3.26. The molecule has 1 aromatic carbocycles. The molecule has 0 spiro atoms. The van der Waals surface area contributed by atoms with Gasteiger partial charge in [0, 0.05) is 12.1 Å². The molecule has 0 bridgehead atoms. The first-order chi connectivity index (χ1) is 8.75. The first-order valence-corrected chi connectivity index (χ1v) is 6.57. The van der Waals surface area contributed by atoms with Crippen LogP contribution in [0.5, 0.6) is 5.75 Å². The summed E-state index contributed by atoms with van der Waals surface area (Å²) in [6, 6.07) is 6.87. The molecule has 0 aliphatic carbocycles. The van der Waals surface area contributed by atoms with Gasteiger partial charge in [0.2, 0.25) is 0 Å². The number of aliphatic hydroxyl groups is 2. The Labute approximate surface area is 108 Å². The number of hydrogen-bond donors (Lipinski definition) is 2. The summed E-state index contributed by atoms with van der Waals surface area (Å²) in [5.74, 6) is 0.779. The fourth-order valence-electron chi connectivity index (χ4n) is 2.22. The van der Waals surface area contributed by atoms with Crippen LogP contribution in [0.15, 0.2) is 24.3 Å². The molecule has 1 heterocycles. The van der Waals surface area contributed by atoms with E-state index in [1.807, 2.05) is 0 Å². The monoisotopic (exact) mass is 251 g/mol. The lowest BCUT2D eigenvalue weighted by molar-refractivity contribution is -0.0425. The molecule has 0 atom stereocenters. The van der Waals surface area contributed by atoms with E-state index >= 15 is 0 Å². The minimum atomic E-state index is -1.41. The SMILES string of the molecule is OC(O)c1ccc(OCCCN2CCCC2)cc1. The second-order valence-electron chi connectivity index (χ2n) is 4.69. The van der Waals surface area contributed by atoms with Gasteiger partial charge in [0.05, 0.1) is 6.61 Å². The van der Waals surface area contributed by atoms with E-state index in [0.717, 1.165) is 18.7 Å². The maximum absolute atomic E-state index is 8.96. The molecule has 0 radical (unpaired) electrons. The summed E-state index contributed by atoms with van der Waals surface area (Å²) < 4.78 is 5.61. The van der Waals surface area contributed by atoms with E-state index < -0.39 is 6.29 Å². The molecule has 1 fully saturated rings. The average Bonchev–Trinajstić information content (AvgIpc) is 2.88. The zero-order valence-corrected chi connectivity index (χ0v) is 10.6. The van der Waals surface area contributed by atoms with Gasteiger partial charge in [-0.25, -0.2) is 0 Å². The number of rotatable bonds is 6. The highest BCUT2D eigenvalue weighted by atomic mass is 16.5. The number of benzene rings is 1. The van der Waals surface area contributed by atoms with Crippen molar-refractivity contribution in [3.8, 4) is 5.75 Å². The first kappa shape index (κ1) is 13.3. The molecule has 0 amide bonds. The van der Waals surface area contributed by atoms with Crippen molar-refractivity contribution < 1.29 is 14.9 Å². The molecule has 2 rings (SSSR count). The van der Waals surface area contributed by atoms with Gasteiger partial charge in [0.15, 0.2) is 6.29 Å². The summed E-state index contributed by atoms with van der Waals surface area (Å²) in [4.78, 5) is 2.47. The van der Waals surface area contributed by atoms with Crippen LogP contribution in [0, 0.1) is 0 Å². The second-order valence-corrected chi connectivity index (χ2v) is 4.69. The van der Waals surface area contributed by atoms with Crippen molar-refractivity contribution >= 4 is 0 Å². The van der Waals surface area contributed by atoms with Crippen LogP contribution in [0.2, 0.25) is 0 Å². The predicted octanol–water partition coefficient (Wildman–Crippen LogP) is 1.53. The highest BCUT2D eigenvalue weighted by molar-refractivity contribution is 5.27. The molecule has 1 aliphatic rings. The Kier molecular flexibility index (Phi) is 4.99. The van der Waals surface area contributed by atoms with E-state index in [9.17, 15) is 0 Å². The Morgan fingerprint density at radius 1 is 1.11 bits per heavy atom. The van der Waals surface area contributed by atoms with Crippen LogP contribution in [0.1, 0.15) is 31.1 Å². The number of likely N-dealkylation sites (tertiary alicyclic amines) is 1. The van der Waals surface area contributed by atoms with Gasteiger partial charge in [-0.05, 0) is 44.5 Å². The number of ether oxygens (including phenoxy) is 1. The van der Waals surface area contributed by atoms with E-state index in [1.165, 1.54) is 25.9 Å². The van der Waals surface area contributed by atoms with Crippen molar-refractivity contribution in [1.82, 2.24) is 4.90 Å². The van der Waals surface area contributed by atoms with Gasteiger partial charge in [-0.1, -0.05) is 12.1 Å². The van der Waals surface area contributed by atoms with Gasteiger partial charge in [0.25, 0.3) is 0 Å². The molecule has 0 aromatic heterocycles. The quantitative estimate of drug-likeness (QED) is 0.595. The number of nitrogens with zero attached hydrogens (tertiary/aromatic N) is 1. The van der Waals surface area contributed by atoms with E-state index in [4.69, 9.17) is 14.9 Å². The van der Waals surface area contributed by atoms with Crippen LogP contribution in [0.3, 0.4) is 0 Å². The fraction of sp³-hybridized carbons (Fsp3) is 0.571. The summed E-state index contributed by atoms with van der Waals surface area (Å²) in [5, 5.41) is 17.9. The normalized spacial score (nSPS) is 16.4. The summed E-state index contributed by atoms with van der Waals surface area (Å²) >= 11 is 0. The van der Waals surface area contributed by atoms with E-state index in [-0.39, 0.29) is 0 Å². The molecule has 4 heteroatoms. The lowest BCUT2D eigenvalue weighted by Gasteiger charge is -2.14. The van der Waals surface area contributed by atoms with Crippen molar-refractivity contribution in [3.05, 3.63) is 29.8 Å². The van der Waals surface area contributed by atoms with E-state index in [2.05, 4.69) is 4.90 Å². The van der Waals surface area contributed by atoms with Crippen molar-refractivity contribution in [1.29, 1.82) is 0 Å². The molecular formula is C14H21NO3. The van der Waals surface area contributed by atoms with Crippen LogP contribution in [-0.4, -0.2) is 41.4 Å². The van der Waals surface area contributed by atoms with E-state index in [0.29, 0.717) is 12.2 Å². The molecular weight excluding hydrogens is 230 g/mol. The largest absolute Gasteiger partial charge is 0.494 e. The minimum absolute atomic E-state index is 0.486. The predicted molar refractivity (Wildman–Crippen MR) is 69.4 cm³/mol. The van der Waals surface area contributed by atoms with Gasteiger partial charge < -0.3 is 19.8 Å². The first-order valence-electron chi connectivity index (χ1n) is 6.57. The zero-order valence-electron chi connectivity index (χ0n) is 10.6. The Morgan fingerprint density at radius 3 is 2.39 bits per heavy atom. The molecule has 1 saturated heterocycles. The van der Waals surface area contributed by atoms with Gasteiger partial charge in [-0.3, -0.25) is 0 Å². The van der Waals surface area contributed by atoms with Gasteiger partial charge in [0.1, 0.15) is 5.75 Å². The molecule has 2 N–H and O–H groups in total. The Balaban J connectivity index is 1.66. The van der Waals surface area contributed by atoms with E-state index in [1.54, 1.807) is 24.3 Å². The number of aliphatic hydroxyl groups excluding tert-OH is 1. The van der Waals surface area contributed by atoms with Crippen LogP contribution in [0.25, 0.3) is 0 Å². The van der Waals surface area contributed by atoms with Crippen molar-refractivity contribution in [3.63, 3.8) is 0 Å². The summed E-state index contributed by atoms with van der Waals surface area (Å²) in [6.07, 6.45) is 2.27. The number of hydrogen-bond acceptors (Lipinski definition) is 4. The van der Waals surface area contributed by atoms with Crippen LogP contribution < -0.4 is 4.74 Å². The van der Waals surface area contributed by atoms with Crippen molar-refractivity contribution in [2.45, 2.75) is 25.6 Å². The van der Waals surface area contributed by atoms with Crippen LogP contribution in [-0.2, 0) is 0 Å². The third kappa shape index (κ3) is 3.98. The Morgan fingerprint density at radius 2 is 1.78 bits per heavy atom. The average molecular weight is 251 g/mol.